The molecular weight excluding hydrogens is 400 g/mol. The molecule has 0 bridgehead atoms. The lowest BCUT2D eigenvalue weighted by Gasteiger charge is -2.29. The van der Waals surface area contributed by atoms with Gasteiger partial charge in [0.2, 0.25) is 5.91 Å². The van der Waals surface area contributed by atoms with Crippen LogP contribution in [0, 0.1) is 6.92 Å². The highest BCUT2D eigenvalue weighted by Gasteiger charge is 2.28. The number of rotatable bonds is 3. The topological polar surface area (TPSA) is 76.5 Å². The number of ether oxygens (including phenoxy) is 1. The molecule has 0 unspecified atom stereocenters. The van der Waals surface area contributed by atoms with E-state index in [-0.39, 0.29) is 30.5 Å². The molecule has 8 heteroatoms. The highest BCUT2D eigenvalue weighted by Crippen LogP contribution is 2.34. The lowest BCUT2D eigenvalue weighted by atomic mass is 10.1. The Balaban J connectivity index is 1.80. The van der Waals surface area contributed by atoms with E-state index in [1.807, 2.05) is 39.8 Å². The SMILES string of the molecule is Cc1cc(NC(=O)CN2C(=O)COc3cc(Br)ccc32)n(C(C)(C)C)n1. The molecule has 3 rings (SSSR count). The van der Waals surface area contributed by atoms with Gasteiger partial charge in [-0.1, -0.05) is 15.9 Å². The lowest BCUT2D eigenvalue weighted by Crippen LogP contribution is -2.43. The number of anilines is 2. The average molecular weight is 421 g/mol. The van der Waals surface area contributed by atoms with Crippen molar-refractivity contribution in [2.24, 2.45) is 0 Å². The van der Waals surface area contributed by atoms with E-state index < -0.39 is 0 Å². The molecule has 1 aromatic heterocycles. The zero-order chi connectivity index (χ0) is 19.1. The number of halogens is 1. The Morgan fingerprint density at radius 3 is 2.77 bits per heavy atom. The molecule has 0 atom stereocenters. The summed E-state index contributed by atoms with van der Waals surface area (Å²) >= 11 is 3.38. The number of carbonyl (C=O) groups excluding carboxylic acids is 2. The van der Waals surface area contributed by atoms with E-state index in [1.54, 1.807) is 16.8 Å². The van der Waals surface area contributed by atoms with Crippen LogP contribution in [-0.2, 0) is 15.1 Å². The molecule has 26 heavy (non-hydrogen) atoms. The number of nitrogens with zero attached hydrogens (tertiary/aromatic N) is 3. The summed E-state index contributed by atoms with van der Waals surface area (Å²) in [7, 11) is 0. The van der Waals surface area contributed by atoms with E-state index in [0.717, 1.165) is 10.2 Å². The second kappa shape index (κ2) is 6.75. The molecule has 2 amide bonds. The van der Waals surface area contributed by atoms with Crippen molar-refractivity contribution in [3.8, 4) is 5.75 Å². The number of aryl methyl sites for hydroxylation is 1. The summed E-state index contributed by atoms with van der Waals surface area (Å²) in [5.74, 6) is 0.633. The molecule has 1 aliphatic heterocycles. The molecule has 0 saturated heterocycles. The molecule has 0 saturated carbocycles. The van der Waals surface area contributed by atoms with Gasteiger partial charge in [-0.25, -0.2) is 4.68 Å². The molecule has 2 heterocycles. The third-order valence-corrected chi connectivity index (χ3v) is 4.39. The minimum absolute atomic E-state index is 0.0875. The summed E-state index contributed by atoms with van der Waals surface area (Å²) in [6, 6.07) is 7.16. The van der Waals surface area contributed by atoms with Gasteiger partial charge in [-0.3, -0.25) is 14.5 Å². The van der Waals surface area contributed by atoms with E-state index in [0.29, 0.717) is 17.3 Å². The van der Waals surface area contributed by atoms with Crippen molar-refractivity contribution in [2.75, 3.05) is 23.4 Å². The molecule has 1 N–H and O–H groups in total. The number of amides is 2. The zero-order valence-corrected chi connectivity index (χ0v) is 16.8. The highest BCUT2D eigenvalue weighted by atomic mass is 79.9. The monoisotopic (exact) mass is 420 g/mol. The Morgan fingerprint density at radius 2 is 2.08 bits per heavy atom. The second-order valence-electron chi connectivity index (χ2n) is 7.18. The van der Waals surface area contributed by atoms with Crippen LogP contribution in [-0.4, -0.2) is 34.7 Å². The number of carbonyl (C=O) groups is 2. The van der Waals surface area contributed by atoms with Crippen molar-refractivity contribution in [1.29, 1.82) is 0 Å². The highest BCUT2D eigenvalue weighted by molar-refractivity contribution is 9.10. The number of benzene rings is 1. The first-order valence-electron chi connectivity index (χ1n) is 8.25. The molecule has 0 fully saturated rings. The Morgan fingerprint density at radius 1 is 1.35 bits per heavy atom. The number of aromatic nitrogens is 2. The van der Waals surface area contributed by atoms with Crippen LogP contribution in [0.5, 0.6) is 5.75 Å². The molecule has 0 radical (unpaired) electrons. The summed E-state index contributed by atoms with van der Waals surface area (Å²) in [6.45, 7) is 7.72. The Bertz CT molecular complexity index is 870. The zero-order valence-electron chi connectivity index (χ0n) is 15.2. The van der Waals surface area contributed by atoms with Gasteiger partial charge in [0.15, 0.2) is 6.61 Å². The first kappa shape index (κ1) is 18.4. The van der Waals surface area contributed by atoms with E-state index in [9.17, 15) is 9.59 Å². The van der Waals surface area contributed by atoms with Gasteiger partial charge in [-0.05, 0) is 45.9 Å². The molecule has 0 aliphatic carbocycles. The summed E-state index contributed by atoms with van der Waals surface area (Å²) < 4.78 is 8.06. The maximum absolute atomic E-state index is 12.6. The van der Waals surface area contributed by atoms with Crippen LogP contribution in [0.25, 0.3) is 0 Å². The van der Waals surface area contributed by atoms with Crippen molar-refractivity contribution in [2.45, 2.75) is 33.2 Å². The second-order valence-corrected chi connectivity index (χ2v) is 8.10. The van der Waals surface area contributed by atoms with Crippen LogP contribution in [0.2, 0.25) is 0 Å². The average Bonchev–Trinajstić information content (AvgIpc) is 2.90. The lowest BCUT2D eigenvalue weighted by molar-refractivity contribution is -0.123. The number of nitrogens with one attached hydrogen (secondary N) is 1. The van der Waals surface area contributed by atoms with Crippen molar-refractivity contribution in [3.63, 3.8) is 0 Å². The minimum Gasteiger partial charge on any atom is -0.482 e. The Labute approximate surface area is 160 Å². The van der Waals surface area contributed by atoms with Gasteiger partial charge in [0.25, 0.3) is 5.91 Å². The summed E-state index contributed by atoms with van der Waals surface area (Å²) in [5, 5.41) is 7.30. The van der Waals surface area contributed by atoms with Crippen LogP contribution >= 0.6 is 15.9 Å². The fraction of sp³-hybridized carbons (Fsp3) is 0.389. The summed E-state index contributed by atoms with van der Waals surface area (Å²) in [4.78, 5) is 26.3. The first-order chi connectivity index (χ1) is 12.1. The quantitative estimate of drug-likeness (QED) is 0.827. The molecule has 138 valence electrons. The molecule has 7 nitrogen and oxygen atoms in total. The van der Waals surface area contributed by atoms with Crippen molar-refractivity contribution >= 4 is 39.2 Å². The third-order valence-electron chi connectivity index (χ3n) is 3.90. The van der Waals surface area contributed by atoms with Gasteiger partial charge in [-0.15, -0.1) is 0 Å². The smallest absolute Gasteiger partial charge is 0.265 e. The van der Waals surface area contributed by atoms with Crippen LogP contribution in [0.3, 0.4) is 0 Å². The van der Waals surface area contributed by atoms with Crippen LogP contribution in [0.15, 0.2) is 28.7 Å². The van der Waals surface area contributed by atoms with Gasteiger partial charge in [-0.2, -0.15) is 5.10 Å². The van der Waals surface area contributed by atoms with Gasteiger partial charge < -0.3 is 10.1 Å². The van der Waals surface area contributed by atoms with Crippen molar-refractivity contribution in [3.05, 3.63) is 34.4 Å². The standard InChI is InChI=1S/C18H21BrN4O3/c1-11-7-15(23(21-11)18(2,3)4)20-16(24)9-22-13-6-5-12(19)8-14(13)26-10-17(22)25/h5-8H,9-10H2,1-4H3,(H,20,24). The van der Waals surface area contributed by atoms with E-state index >= 15 is 0 Å². The van der Waals surface area contributed by atoms with Crippen LogP contribution in [0.1, 0.15) is 26.5 Å². The van der Waals surface area contributed by atoms with Crippen LogP contribution in [0.4, 0.5) is 11.5 Å². The Kier molecular flexibility index (Phi) is 4.79. The number of hydrogen-bond acceptors (Lipinski definition) is 4. The fourth-order valence-corrected chi connectivity index (χ4v) is 3.12. The maximum Gasteiger partial charge on any atom is 0.265 e. The Hall–Kier alpha value is -2.35. The third kappa shape index (κ3) is 3.75. The minimum atomic E-state index is -0.292. The predicted octanol–water partition coefficient (Wildman–Crippen LogP) is 3.07. The first-order valence-corrected chi connectivity index (χ1v) is 9.04. The summed E-state index contributed by atoms with van der Waals surface area (Å²) in [6.07, 6.45) is 0. The van der Waals surface area contributed by atoms with E-state index in [4.69, 9.17) is 4.74 Å². The molecule has 1 aliphatic rings. The maximum atomic E-state index is 12.6. The molecule has 2 aromatic rings. The van der Waals surface area contributed by atoms with E-state index in [2.05, 4.69) is 26.3 Å². The summed E-state index contributed by atoms with van der Waals surface area (Å²) in [5.41, 5.74) is 1.12. The van der Waals surface area contributed by atoms with Gasteiger partial charge in [0, 0.05) is 10.5 Å². The number of hydrogen-bond donors (Lipinski definition) is 1. The van der Waals surface area contributed by atoms with Crippen LogP contribution < -0.4 is 15.0 Å². The van der Waals surface area contributed by atoms with Gasteiger partial charge in [0.1, 0.15) is 18.1 Å². The van der Waals surface area contributed by atoms with Gasteiger partial charge in [0.05, 0.1) is 16.9 Å². The van der Waals surface area contributed by atoms with Gasteiger partial charge >= 0.3 is 0 Å². The van der Waals surface area contributed by atoms with Crippen molar-refractivity contribution < 1.29 is 14.3 Å². The van der Waals surface area contributed by atoms with E-state index in [1.165, 1.54) is 4.90 Å². The molecule has 0 spiro atoms. The normalized spacial score (nSPS) is 14.0. The number of fused-ring (bicyclic) bond motifs is 1. The fourth-order valence-electron chi connectivity index (χ4n) is 2.78. The molecule has 1 aromatic carbocycles. The largest absolute Gasteiger partial charge is 0.482 e. The molecular formula is C18H21BrN4O3. The van der Waals surface area contributed by atoms with Crippen molar-refractivity contribution in [1.82, 2.24) is 9.78 Å². The predicted molar refractivity (Wildman–Crippen MR) is 103 cm³/mol.